The molecule has 0 amide bonds. The second-order valence-corrected chi connectivity index (χ2v) is 5.16. The Morgan fingerprint density at radius 3 is 2.55 bits per heavy atom. The minimum absolute atomic E-state index is 0. The van der Waals surface area contributed by atoms with Gasteiger partial charge in [-0.1, -0.05) is 20.6 Å². The lowest BCUT2D eigenvalue weighted by Crippen LogP contribution is -2.52. The van der Waals surface area contributed by atoms with Crippen LogP contribution in [-0.4, -0.2) is 56.4 Å². The molecule has 2 fully saturated rings. The summed E-state index contributed by atoms with van der Waals surface area (Å²) >= 11 is 0. The quantitative estimate of drug-likeness (QED) is 0.468. The Kier molecular flexibility index (Phi) is 8.86. The third-order valence-electron chi connectivity index (χ3n) is 3.02. The first-order valence-corrected chi connectivity index (χ1v) is 6.85. The van der Waals surface area contributed by atoms with Crippen LogP contribution in [0.5, 0.6) is 0 Å². The van der Waals surface area contributed by atoms with Crippen molar-refractivity contribution in [3.63, 3.8) is 0 Å². The molecule has 0 spiro atoms. The summed E-state index contributed by atoms with van der Waals surface area (Å²) in [5.74, 6) is -0.389. The zero-order valence-corrected chi connectivity index (χ0v) is 12.6. The summed E-state index contributed by atoms with van der Waals surface area (Å²) in [7, 11) is 0. The fourth-order valence-electron chi connectivity index (χ4n) is 1.56. The van der Waals surface area contributed by atoms with E-state index in [0.717, 1.165) is 6.54 Å². The number of carbonyl (C=O) groups is 2. The second-order valence-electron chi connectivity index (χ2n) is 5.16. The molecule has 2 aliphatic rings. The molecule has 2 atom stereocenters. The van der Waals surface area contributed by atoms with Gasteiger partial charge in [0, 0.05) is 18.7 Å². The van der Waals surface area contributed by atoms with Crippen LogP contribution in [0.3, 0.4) is 0 Å². The van der Waals surface area contributed by atoms with E-state index in [4.69, 9.17) is 14.2 Å². The molecular formula is C16H27NO5. The Balaban J connectivity index is 0.000000385. The first kappa shape index (κ1) is 20.5. The standard InChI is InChI=1S/C8H13NO2.C7H10O3.CH4/c1-3-7(10)8(2)6-9-4-5-11-8;1-5(2)7(8)10-4-6-3-9-6;/h3,9H,1,4-6H2,2H3;6H,1,3-4H2,2H3;1H4. The Morgan fingerprint density at radius 2 is 2.14 bits per heavy atom. The Morgan fingerprint density at radius 1 is 1.50 bits per heavy atom. The Bertz CT molecular complexity index is 409. The van der Waals surface area contributed by atoms with Crippen LogP contribution in [0, 0.1) is 0 Å². The Hall–Kier alpha value is -1.50. The molecule has 0 aromatic rings. The highest BCUT2D eigenvalue weighted by atomic mass is 16.6. The zero-order chi connectivity index (χ0) is 15.9. The summed E-state index contributed by atoms with van der Waals surface area (Å²) in [4.78, 5) is 21.9. The molecule has 6 nitrogen and oxygen atoms in total. The van der Waals surface area contributed by atoms with Gasteiger partial charge >= 0.3 is 5.97 Å². The van der Waals surface area contributed by atoms with E-state index in [1.807, 2.05) is 0 Å². The van der Waals surface area contributed by atoms with Gasteiger partial charge in [-0.25, -0.2) is 4.79 Å². The second kappa shape index (κ2) is 9.50. The highest BCUT2D eigenvalue weighted by molar-refractivity contribution is 5.96. The van der Waals surface area contributed by atoms with Crippen LogP contribution in [0.4, 0.5) is 0 Å². The molecule has 0 radical (unpaired) electrons. The fraction of sp³-hybridized carbons (Fsp3) is 0.625. The number of carbonyl (C=O) groups excluding carboxylic acids is 2. The maximum atomic E-state index is 11.2. The monoisotopic (exact) mass is 313 g/mol. The average molecular weight is 313 g/mol. The van der Waals surface area contributed by atoms with Gasteiger partial charge in [-0.3, -0.25) is 4.79 Å². The molecular weight excluding hydrogens is 286 g/mol. The van der Waals surface area contributed by atoms with E-state index < -0.39 is 5.60 Å². The first-order chi connectivity index (χ1) is 9.89. The first-order valence-electron chi connectivity index (χ1n) is 6.85. The van der Waals surface area contributed by atoms with E-state index >= 15 is 0 Å². The summed E-state index contributed by atoms with van der Waals surface area (Å²) in [5.41, 5.74) is -0.249. The van der Waals surface area contributed by atoms with Crippen molar-refractivity contribution in [2.24, 2.45) is 0 Å². The summed E-state index contributed by atoms with van der Waals surface area (Å²) in [5, 5.41) is 3.10. The predicted octanol–water partition coefficient (Wildman–Crippen LogP) is 1.26. The number of hydrogen-bond acceptors (Lipinski definition) is 6. The smallest absolute Gasteiger partial charge is 0.333 e. The highest BCUT2D eigenvalue weighted by Gasteiger charge is 2.33. The van der Waals surface area contributed by atoms with Gasteiger partial charge in [0.2, 0.25) is 0 Å². The molecule has 0 aromatic heterocycles. The van der Waals surface area contributed by atoms with Gasteiger partial charge in [0.25, 0.3) is 0 Å². The minimum Gasteiger partial charge on any atom is -0.459 e. The van der Waals surface area contributed by atoms with Gasteiger partial charge in [0.1, 0.15) is 18.3 Å². The molecule has 2 saturated heterocycles. The highest BCUT2D eigenvalue weighted by Crippen LogP contribution is 2.13. The number of ether oxygens (including phenoxy) is 3. The van der Waals surface area contributed by atoms with Crippen molar-refractivity contribution in [3.05, 3.63) is 24.8 Å². The molecule has 22 heavy (non-hydrogen) atoms. The van der Waals surface area contributed by atoms with E-state index in [-0.39, 0.29) is 25.3 Å². The molecule has 0 aromatic carbocycles. The largest absolute Gasteiger partial charge is 0.459 e. The van der Waals surface area contributed by atoms with Crippen molar-refractivity contribution in [2.45, 2.75) is 33.0 Å². The predicted molar refractivity (Wildman–Crippen MR) is 84.7 cm³/mol. The van der Waals surface area contributed by atoms with E-state index in [0.29, 0.717) is 31.9 Å². The van der Waals surface area contributed by atoms with Crippen LogP contribution in [0.2, 0.25) is 0 Å². The summed E-state index contributed by atoms with van der Waals surface area (Å²) in [6, 6.07) is 0. The lowest BCUT2D eigenvalue weighted by molar-refractivity contribution is -0.140. The average Bonchev–Trinajstić information content (AvgIpc) is 3.29. The number of ketones is 1. The molecule has 2 aliphatic heterocycles. The molecule has 2 heterocycles. The molecule has 1 N–H and O–H groups in total. The molecule has 126 valence electrons. The van der Waals surface area contributed by atoms with Crippen LogP contribution in [0.15, 0.2) is 24.8 Å². The third-order valence-corrected chi connectivity index (χ3v) is 3.02. The van der Waals surface area contributed by atoms with Gasteiger partial charge in [0.15, 0.2) is 5.78 Å². The van der Waals surface area contributed by atoms with Crippen molar-refractivity contribution in [1.82, 2.24) is 5.32 Å². The lowest BCUT2D eigenvalue weighted by atomic mass is 9.99. The number of nitrogens with one attached hydrogen (secondary N) is 1. The Labute approximate surface area is 132 Å². The zero-order valence-electron chi connectivity index (χ0n) is 12.6. The molecule has 0 aliphatic carbocycles. The molecule has 0 saturated carbocycles. The van der Waals surface area contributed by atoms with Crippen LogP contribution >= 0.6 is 0 Å². The topological polar surface area (TPSA) is 77.2 Å². The molecule has 0 bridgehead atoms. The summed E-state index contributed by atoms with van der Waals surface area (Å²) in [6.07, 6.45) is 1.45. The van der Waals surface area contributed by atoms with Crippen molar-refractivity contribution in [2.75, 3.05) is 32.9 Å². The molecule has 2 unspecified atom stereocenters. The van der Waals surface area contributed by atoms with E-state index in [1.54, 1.807) is 13.8 Å². The van der Waals surface area contributed by atoms with E-state index in [1.165, 1.54) is 6.08 Å². The van der Waals surface area contributed by atoms with Gasteiger partial charge < -0.3 is 19.5 Å². The van der Waals surface area contributed by atoms with Crippen LogP contribution in [-0.2, 0) is 23.8 Å². The molecule has 2 rings (SSSR count). The number of hydrogen-bond donors (Lipinski definition) is 1. The van der Waals surface area contributed by atoms with Crippen molar-refractivity contribution in [3.8, 4) is 0 Å². The van der Waals surface area contributed by atoms with Gasteiger partial charge in [-0.05, 0) is 19.9 Å². The van der Waals surface area contributed by atoms with Crippen molar-refractivity contribution in [1.29, 1.82) is 0 Å². The van der Waals surface area contributed by atoms with Crippen molar-refractivity contribution >= 4 is 11.8 Å². The summed E-state index contributed by atoms with van der Waals surface area (Å²) in [6.45, 7) is 13.3. The number of rotatable bonds is 5. The minimum atomic E-state index is -0.681. The van der Waals surface area contributed by atoms with Crippen LogP contribution in [0.25, 0.3) is 0 Å². The van der Waals surface area contributed by atoms with Crippen LogP contribution in [0.1, 0.15) is 21.3 Å². The summed E-state index contributed by atoms with van der Waals surface area (Å²) < 4.78 is 14.9. The maximum absolute atomic E-state index is 11.2. The van der Waals surface area contributed by atoms with E-state index in [9.17, 15) is 9.59 Å². The van der Waals surface area contributed by atoms with Crippen molar-refractivity contribution < 1.29 is 23.8 Å². The normalized spacial score (nSPS) is 25.6. The SMILES string of the molecule is C.C=C(C)C(=O)OCC1CO1.C=CC(=O)C1(C)CNCCO1. The van der Waals surface area contributed by atoms with Crippen LogP contribution < -0.4 is 5.32 Å². The number of esters is 1. The lowest BCUT2D eigenvalue weighted by Gasteiger charge is -2.31. The maximum Gasteiger partial charge on any atom is 0.333 e. The third kappa shape index (κ3) is 6.98. The number of morpholine rings is 1. The van der Waals surface area contributed by atoms with E-state index in [2.05, 4.69) is 18.5 Å². The van der Waals surface area contributed by atoms with Gasteiger partial charge in [-0.2, -0.15) is 0 Å². The number of epoxide rings is 1. The fourth-order valence-corrected chi connectivity index (χ4v) is 1.56. The van der Waals surface area contributed by atoms with Gasteiger partial charge in [0.05, 0.1) is 13.2 Å². The molecule has 6 heteroatoms. The van der Waals surface area contributed by atoms with Gasteiger partial charge in [-0.15, -0.1) is 0 Å².